The molecule has 0 aliphatic carbocycles. The third-order valence-electron chi connectivity index (χ3n) is 4.80. The van der Waals surface area contributed by atoms with Crippen LogP contribution in [0.4, 0.5) is 15.8 Å². The third kappa shape index (κ3) is 6.53. The van der Waals surface area contributed by atoms with Gasteiger partial charge in [-0.05, 0) is 43.3 Å². The molecule has 2 aromatic carbocycles. The largest absolute Gasteiger partial charge is 0.494 e. The maximum atomic E-state index is 13.6. The zero-order valence-corrected chi connectivity index (χ0v) is 17.1. The third-order valence-corrected chi connectivity index (χ3v) is 4.80. The average molecular weight is 414 g/mol. The van der Waals surface area contributed by atoms with E-state index in [1.165, 1.54) is 12.1 Å². The molecule has 0 saturated carbocycles. The number of para-hydroxylation sites is 1. The van der Waals surface area contributed by atoms with Gasteiger partial charge in [-0.2, -0.15) is 0 Å². The minimum atomic E-state index is -0.450. The Labute approximate surface area is 175 Å². The average Bonchev–Trinajstić information content (AvgIpc) is 2.73. The molecular formula is C22H27FN4O3. The Morgan fingerprint density at radius 3 is 2.03 bits per heavy atom. The van der Waals surface area contributed by atoms with E-state index in [9.17, 15) is 14.0 Å². The lowest BCUT2D eigenvalue weighted by Crippen LogP contribution is -2.50. The van der Waals surface area contributed by atoms with E-state index in [4.69, 9.17) is 4.74 Å². The van der Waals surface area contributed by atoms with Crippen molar-refractivity contribution in [2.75, 3.05) is 56.5 Å². The Kier molecular flexibility index (Phi) is 7.75. The molecule has 2 aromatic rings. The highest BCUT2D eigenvalue weighted by molar-refractivity contribution is 5.93. The van der Waals surface area contributed by atoms with Crippen molar-refractivity contribution in [1.82, 2.24) is 9.80 Å². The summed E-state index contributed by atoms with van der Waals surface area (Å²) in [6, 6.07) is 13.4. The van der Waals surface area contributed by atoms with Crippen molar-refractivity contribution < 1.29 is 18.7 Å². The monoisotopic (exact) mass is 414 g/mol. The molecule has 160 valence electrons. The molecule has 0 aromatic heterocycles. The number of amides is 2. The second-order valence-electron chi connectivity index (χ2n) is 7.09. The Bertz CT molecular complexity index is 852. The topological polar surface area (TPSA) is 73.9 Å². The van der Waals surface area contributed by atoms with Crippen LogP contribution in [-0.4, -0.2) is 67.5 Å². The number of halogens is 1. The van der Waals surface area contributed by atoms with E-state index in [1.54, 1.807) is 12.1 Å². The fourth-order valence-electron chi connectivity index (χ4n) is 3.27. The molecule has 1 saturated heterocycles. The van der Waals surface area contributed by atoms with Crippen molar-refractivity contribution in [3.8, 4) is 5.75 Å². The van der Waals surface area contributed by atoms with Gasteiger partial charge in [0.2, 0.25) is 11.8 Å². The Morgan fingerprint density at radius 2 is 1.47 bits per heavy atom. The number of hydrogen-bond donors (Lipinski definition) is 2. The minimum Gasteiger partial charge on any atom is -0.494 e. The number of piperazine rings is 1. The first kappa shape index (κ1) is 21.7. The summed E-state index contributed by atoms with van der Waals surface area (Å²) < 4.78 is 19.0. The van der Waals surface area contributed by atoms with Gasteiger partial charge in [0.25, 0.3) is 0 Å². The lowest BCUT2D eigenvalue weighted by molar-refractivity contribution is -0.120. The number of carbonyl (C=O) groups excluding carboxylic acids is 2. The fraction of sp³-hybridized carbons (Fsp3) is 0.364. The highest BCUT2D eigenvalue weighted by Crippen LogP contribution is 2.16. The van der Waals surface area contributed by atoms with E-state index in [1.807, 2.05) is 36.1 Å². The second kappa shape index (κ2) is 10.7. The van der Waals surface area contributed by atoms with Gasteiger partial charge in [-0.1, -0.05) is 12.1 Å². The van der Waals surface area contributed by atoms with Crippen molar-refractivity contribution in [3.63, 3.8) is 0 Å². The van der Waals surface area contributed by atoms with Gasteiger partial charge in [0.15, 0.2) is 0 Å². The summed E-state index contributed by atoms with van der Waals surface area (Å²) in [4.78, 5) is 28.5. The van der Waals surface area contributed by atoms with Crippen LogP contribution in [0.5, 0.6) is 5.75 Å². The summed E-state index contributed by atoms with van der Waals surface area (Å²) in [5.74, 6) is -0.00781. The Hall–Kier alpha value is -2.97. The van der Waals surface area contributed by atoms with E-state index in [0.29, 0.717) is 39.3 Å². The van der Waals surface area contributed by atoms with Gasteiger partial charge in [-0.25, -0.2) is 4.39 Å². The number of anilines is 2. The van der Waals surface area contributed by atoms with Gasteiger partial charge in [-0.15, -0.1) is 0 Å². The number of carbonyl (C=O) groups is 2. The van der Waals surface area contributed by atoms with Gasteiger partial charge in [0.1, 0.15) is 11.6 Å². The maximum Gasteiger partial charge on any atom is 0.238 e. The van der Waals surface area contributed by atoms with E-state index >= 15 is 0 Å². The number of nitrogens with zero attached hydrogens (tertiary/aromatic N) is 2. The molecule has 3 rings (SSSR count). The first-order chi connectivity index (χ1) is 14.5. The fourth-order valence-corrected chi connectivity index (χ4v) is 3.27. The first-order valence-electron chi connectivity index (χ1n) is 10.1. The van der Waals surface area contributed by atoms with Gasteiger partial charge >= 0.3 is 0 Å². The zero-order chi connectivity index (χ0) is 21.3. The van der Waals surface area contributed by atoms with E-state index in [-0.39, 0.29) is 24.0 Å². The Balaban J connectivity index is 1.38. The molecule has 0 spiro atoms. The number of ether oxygens (including phenoxy) is 1. The molecule has 8 heteroatoms. The summed E-state index contributed by atoms with van der Waals surface area (Å²) in [7, 11) is 0. The number of hydrogen-bond acceptors (Lipinski definition) is 5. The summed E-state index contributed by atoms with van der Waals surface area (Å²) in [5, 5.41) is 5.48. The van der Waals surface area contributed by atoms with Crippen molar-refractivity contribution in [3.05, 3.63) is 54.3 Å². The predicted octanol–water partition coefficient (Wildman–Crippen LogP) is 2.42. The number of rotatable bonds is 8. The molecular weight excluding hydrogens is 387 g/mol. The molecule has 1 aliphatic rings. The highest BCUT2D eigenvalue weighted by atomic mass is 19.1. The molecule has 0 radical (unpaired) electrons. The molecule has 7 nitrogen and oxygen atoms in total. The van der Waals surface area contributed by atoms with Crippen LogP contribution in [0.25, 0.3) is 0 Å². The second-order valence-corrected chi connectivity index (χ2v) is 7.09. The van der Waals surface area contributed by atoms with E-state index < -0.39 is 5.82 Å². The number of benzene rings is 2. The zero-order valence-electron chi connectivity index (χ0n) is 17.1. The van der Waals surface area contributed by atoms with Crippen LogP contribution in [0, 0.1) is 5.82 Å². The van der Waals surface area contributed by atoms with Gasteiger partial charge in [0.05, 0.1) is 25.4 Å². The van der Waals surface area contributed by atoms with Crippen LogP contribution in [0.3, 0.4) is 0 Å². The molecule has 1 heterocycles. The molecule has 2 amide bonds. The normalized spacial score (nSPS) is 14.9. The van der Waals surface area contributed by atoms with Crippen LogP contribution in [0.2, 0.25) is 0 Å². The Morgan fingerprint density at radius 1 is 0.900 bits per heavy atom. The lowest BCUT2D eigenvalue weighted by atomic mass is 10.2. The molecule has 1 aliphatic heterocycles. The summed E-state index contributed by atoms with van der Waals surface area (Å²) >= 11 is 0. The summed E-state index contributed by atoms with van der Waals surface area (Å²) in [6.07, 6.45) is 0. The van der Waals surface area contributed by atoms with Crippen LogP contribution in [-0.2, 0) is 9.59 Å². The van der Waals surface area contributed by atoms with Crippen LogP contribution in [0.15, 0.2) is 48.5 Å². The first-order valence-corrected chi connectivity index (χ1v) is 10.1. The van der Waals surface area contributed by atoms with E-state index in [2.05, 4.69) is 15.5 Å². The number of nitrogens with one attached hydrogen (secondary N) is 2. The smallest absolute Gasteiger partial charge is 0.238 e. The predicted molar refractivity (Wildman–Crippen MR) is 114 cm³/mol. The van der Waals surface area contributed by atoms with Crippen LogP contribution in [0.1, 0.15) is 6.92 Å². The molecule has 0 atom stereocenters. The van der Waals surface area contributed by atoms with Crippen molar-refractivity contribution in [2.24, 2.45) is 0 Å². The molecule has 0 bridgehead atoms. The van der Waals surface area contributed by atoms with Crippen molar-refractivity contribution in [2.45, 2.75) is 6.92 Å². The molecule has 30 heavy (non-hydrogen) atoms. The van der Waals surface area contributed by atoms with Crippen molar-refractivity contribution >= 4 is 23.2 Å². The van der Waals surface area contributed by atoms with E-state index in [0.717, 1.165) is 11.4 Å². The minimum absolute atomic E-state index is 0.0788. The molecule has 1 fully saturated rings. The van der Waals surface area contributed by atoms with Gasteiger partial charge in [-0.3, -0.25) is 19.4 Å². The molecule has 0 unspecified atom stereocenters. The van der Waals surface area contributed by atoms with Gasteiger partial charge in [0, 0.05) is 31.9 Å². The van der Waals surface area contributed by atoms with Crippen LogP contribution >= 0.6 is 0 Å². The lowest BCUT2D eigenvalue weighted by Gasteiger charge is -2.33. The SMILES string of the molecule is CCOc1ccc(NC(=O)CN2CCN(CC(=O)Nc3ccccc3F)CC2)cc1. The standard InChI is InChI=1S/C22H27FN4O3/c1-2-30-18-9-7-17(8-10-18)24-21(28)15-26-11-13-27(14-12-26)16-22(29)25-20-6-4-3-5-19(20)23/h3-10H,2,11-16H2,1H3,(H,24,28)(H,25,29). The highest BCUT2D eigenvalue weighted by Gasteiger charge is 2.21. The maximum absolute atomic E-state index is 13.6. The summed E-state index contributed by atoms with van der Waals surface area (Å²) in [5.41, 5.74) is 0.916. The molecule has 2 N–H and O–H groups in total. The summed E-state index contributed by atoms with van der Waals surface area (Å²) in [6.45, 7) is 5.71. The van der Waals surface area contributed by atoms with Crippen LogP contribution < -0.4 is 15.4 Å². The quantitative estimate of drug-likeness (QED) is 0.694. The van der Waals surface area contributed by atoms with Crippen molar-refractivity contribution in [1.29, 1.82) is 0 Å². The van der Waals surface area contributed by atoms with Gasteiger partial charge < -0.3 is 15.4 Å².